The van der Waals surface area contributed by atoms with Gasteiger partial charge in [-0.05, 0) is 30.9 Å². The van der Waals surface area contributed by atoms with Crippen LogP contribution in [-0.4, -0.2) is 11.7 Å². The van der Waals surface area contributed by atoms with Crippen molar-refractivity contribution in [3.63, 3.8) is 0 Å². The van der Waals surface area contributed by atoms with Gasteiger partial charge < -0.3 is 15.3 Å². The van der Waals surface area contributed by atoms with Gasteiger partial charge in [0.05, 0.1) is 6.26 Å². The van der Waals surface area contributed by atoms with Crippen LogP contribution in [0.2, 0.25) is 0 Å². The number of rotatable bonds is 3. The third-order valence-corrected chi connectivity index (χ3v) is 3.31. The second kappa shape index (κ2) is 3.41. The van der Waals surface area contributed by atoms with Crippen LogP contribution in [0.15, 0.2) is 22.8 Å². The first kappa shape index (κ1) is 9.74. The van der Waals surface area contributed by atoms with Gasteiger partial charge in [-0.2, -0.15) is 0 Å². The van der Waals surface area contributed by atoms with E-state index in [1.165, 1.54) is 0 Å². The minimum atomic E-state index is -0.543. The fourth-order valence-corrected chi connectivity index (χ4v) is 2.58. The summed E-state index contributed by atoms with van der Waals surface area (Å²) in [5, 5.41) is 10.1. The van der Waals surface area contributed by atoms with Crippen molar-refractivity contribution in [3.8, 4) is 0 Å². The number of aliphatic hydroxyl groups excluding tert-OH is 1. The highest BCUT2D eigenvalue weighted by molar-refractivity contribution is 5.10. The van der Waals surface area contributed by atoms with Gasteiger partial charge in [0.1, 0.15) is 11.9 Å². The number of hydrogen-bond donors (Lipinski definition) is 2. The lowest BCUT2D eigenvalue weighted by atomic mass is 9.59. The molecule has 0 bridgehead atoms. The third kappa shape index (κ3) is 1.37. The Kier molecular flexibility index (Phi) is 2.37. The molecule has 1 saturated carbocycles. The zero-order chi connectivity index (χ0) is 10.2. The van der Waals surface area contributed by atoms with Crippen LogP contribution in [-0.2, 0) is 0 Å². The van der Waals surface area contributed by atoms with E-state index < -0.39 is 6.10 Å². The van der Waals surface area contributed by atoms with Gasteiger partial charge in [0.15, 0.2) is 0 Å². The monoisotopic (exact) mass is 195 g/mol. The molecule has 1 aliphatic carbocycles. The van der Waals surface area contributed by atoms with Crippen molar-refractivity contribution in [1.82, 2.24) is 0 Å². The highest BCUT2D eigenvalue weighted by Gasteiger charge is 2.47. The van der Waals surface area contributed by atoms with Crippen LogP contribution in [0.1, 0.15) is 31.6 Å². The average molecular weight is 195 g/mol. The second-order valence-corrected chi connectivity index (χ2v) is 4.50. The summed E-state index contributed by atoms with van der Waals surface area (Å²) in [5.41, 5.74) is 5.59. The van der Waals surface area contributed by atoms with Crippen molar-refractivity contribution < 1.29 is 9.52 Å². The van der Waals surface area contributed by atoms with Gasteiger partial charge in [-0.15, -0.1) is 0 Å². The Hall–Kier alpha value is -0.800. The van der Waals surface area contributed by atoms with E-state index in [1.54, 1.807) is 12.3 Å². The van der Waals surface area contributed by atoms with Crippen molar-refractivity contribution in [1.29, 1.82) is 0 Å². The normalized spacial score (nSPS) is 33.8. The maximum atomic E-state index is 10.1. The van der Waals surface area contributed by atoms with E-state index in [0.717, 1.165) is 12.8 Å². The van der Waals surface area contributed by atoms with Gasteiger partial charge in [0, 0.05) is 12.0 Å². The van der Waals surface area contributed by atoms with Crippen LogP contribution in [0.3, 0.4) is 0 Å². The van der Waals surface area contributed by atoms with Crippen molar-refractivity contribution in [2.24, 2.45) is 17.1 Å². The van der Waals surface area contributed by atoms with E-state index >= 15 is 0 Å². The van der Waals surface area contributed by atoms with Crippen LogP contribution in [0.5, 0.6) is 0 Å². The molecule has 0 radical (unpaired) electrons. The number of furan rings is 1. The van der Waals surface area contributed by atoms with E-state index in [9.17, 15) is 5.11 Å². The number of aliphatic hydroxyl groups is 1. The summed E-state index contributed by atoms with van der Waals surface area (Å²) in [7, 11) is 0. The van der Waals surface area contributed by atoms with Crippen LogP contribution in [0.25, 0.3) is 0 Å². The molecule has 0 aromatic carbocycles. The highest BCUT2D eigenvalue weighted by atomic mass is 16.4. The summed E-state index contributed by atoms with van der Waals surface area (Å²) in [6.45, 7) is 2.71. The summed E-state index contributed by atoms with van der Waals surface area (Å²) in [5.74, 6) is 1.31. The summed E-state index contributed by atoms with van der Waals surface area (Å²) < 4.78 is 5.21. The second-order valence-electron chi connectivity index (χ2n) is 4.50. The molecule has 1 aliphatic rings. The topological polar surface area (TPSA) is 59.4 Å². The van der Waals surface area contributed by atoms with Gasteiger partial charge in [-0.3, -0.25) is 0 Å². The van der Waals surface area contributed by atoms with Crippen LogP contribution in [0.4, 0.5) is 0 Å². The number of nitrogens with two attached hydrogens (primary N) is 1. The van der Waals surface area contributed by atoms with Crippen molar-refractivity contribution in [3.05, 3.63) is 24.2 Å². The van der Waals surface area contributed by atoms with Gasteiger partial charge in [0.25, 0.3) is 0 Å². The molecule has 3 N–H and O–H groups in total. The highest BCUT2D eigenvalue weighted by Crippen LogP contribution is 2.52. The molecule has 3 nitrogen and oxygen atoms in total. The maximum absolute atomic E-state index is 10.1. The van der Waals surface area contributed by atoms with Gasteiger partial charge in [-0.1, -0.05) is 6.92 Å². The zero-order valence-electron chi connectivity index (χ0n) is 8.44. The van der Waals surface area contributed by atoms with Crippen molar-refractivity contribution >= 4 is 0 Å². The molecule has 1 fully saturated rings. The Morgan fingerprint density at radius 3 is 2.86 bits per heavy atom. The molecule has 3 heteroatoms. The summed E-state index contributed by atoms with van der Waals surface area (Å²) >= 11 is 0. The predicted molar refractivity (Wildman–Crippen MR) is 53.6 cm³/mol. The Bertz CT molecular complexity index is 288. The van der Waals surface area contributed by atoms with Gasteiger partial charge in [0.2, 0.25) is 0 Å². The quantitative estimate of drug-likeness (QED) is 0.771. The molecular weight excluding hydrogens is 178 g/mol. The molecule has 1 unspecified atom stereocenters. The lowest BCUT2D eigenvalue weighted by Crippen LogP contribution is -2.46. The molecule has 0 aliphatic heterocycles. The van der Waals surface area contributed by atoms with Gasteiger partial charge in [-0.25, -0.2) is 0 Å². The fraction of sp³-hybridized carbons (Fsp3) is 0.636. The zero-order valence-corrected chi connectivity index (χ0v) is 8.44. The first-order valence-electron chi connectivity index (χ1n) is 5.09. The lowest BCUT2D eigenvalue weighted by Gasteiger charge is -2.48. The predicted octanol–water partition coefficient (Wildman–Crippen LogP) is 1.69. The summed E-state index contributed by atoms with van der Waals surface area (Å²) in [4.78, 5) is 0. The molecule has 2 rings (SSSR count). The minimum absolute atomic E-state index is 0.142. The molecule has 14 heavy (non-hydrogen) atoms. The molecule has 78 valence electrons. The van der Waals surface area contributed by atoms with E-state index in [4.69, 9.17) is 10.2 Å². The van der Waals surface area contributed by atoms with E-state index in [-0.39, 0.29) is 5.41 Å². The Labute approximate surface area is 83.9 Å². The molecule has 0 spiro atoms. The Morgan fingerprint density at radius 1 is 1.71 bits per heavy atom. The van der Waals surface area contributed by atoms with Crippen molar-refractivity contribution in [2.75, 3.05) is 6.54 Å². The molecule has 1 atom stereocenters. The third-order valence-electron chi connectivity index (χ3n) is 3.31. The first-order chi connectivity index (χ1) is 6.68. The first-order valence-corrected chi connectivity index (χ1v) is 5.09. The molecular formula is C11H17NO2. The maximum Gasteiger partial charge on any atom is 0.132 e. The smallest absolute Gasteiger partial charge is 0.132 e. The van der Waals surface area contributed by atoms with Crippen LogP contribution < -0.4 is 5.73 Å². The minimum Gasteiger partial charge on any atom is -0.467 e. The summed E-state index contributed by atoms with van der Waals surface area (Å²) in [6.07, 6.45) is 3.03. The lowest BCUT2D eigenvalue weighted by molar-refractivity contribution is -0.0700. The standard InChI is InChI=1S/C11H17NO2/c1-8-5-11(6-8,7-12)10(13)9-3-2-4-14-9/h2-4,8,10,13H,5-7,12H2,1H3. The fourth-order valence-electron chi connectivity index (χ4n) is 2.58. The largest absolute Gasteiger partial charge is 0.467 e. The SMILES string of the molecule is CC1CC(CN)(C(O)c2ccco2)C1. The summed E-state index contributed by atoms with van der Waals surface area (Å²) in [6, 6.07) is 3.61. The van der Waals surface area contributed by atoms with Crippen molar-refractivity contribution in [2.45, 2.75) is 25.9 Å². The van der Waals surface area contributed by atoms with Crippen LogP contribution >= 0.6 is 0 Å². The van der Waals surface area contributed by atoms with E-state index in [1.807, 2.05) is 6.07 Å². The average Bonchev–Trinajstić information content (AvgIpc) is 2.64. The van der Waals surface area contributed by atoms with Crippen LogP contribution in [0, 0.1) is 11.3 Å². The molecule has 1 aromatic heterocycles. The molecule has 0 saturated heterocycles. The molecule has 0 amide bonds. The van der Waals surface area contributed by atoms with E-state index in [0.29, 0.717) is 18.2 Å². The van der Waals surface area contributed by atoms with E-state index in [2.05, 4.69) is 6.92 Å². The Morgan fingerprint density at radius 2 is 2.43 bits per heavy atom. The molecule has 1 aromatic rings. The number of hydrogen-bond acceptors (Lipinski definition) is 3. The molecule has 1 heterocycles. The van der Waals surface area contributed by atoms with Gasteiger partial charge >= 0.3 is 0 Å². The Balaban J connectivity index is 2.14.